The molecule has 0 unspecified atom stereocenters. The van der Waals surface area contributed by atoms with Gasteiger partial charge >= 0.3 is 0 Å². The van der Waals surface area contributed by atoms with E-state index < -0.39 is 0 Å². The van der Waals surface area contributed by atoms with Gasteiger partial charge in [0.1, 0.15) is 12.1 Å². The van der Waals surface area contributed by atoms with Crippen molar-refractivity contribution in [2.24, 2.45) is 0 Å². The summed E-state index contributed by atoms with van der Waals surface area (Å²) in [5, 5.41) is 6.63. The smallest absolute Gasteiger partial charge is 0.242 e. The maximum absolute atomic E-state index is 12.6. The average Bonchev–Trinajstić information content (AvgIpc) is 2.99. The van der Waals surface area contributed by atoms with E-state index in [0.717, 1.165) is 24.2 Å². The third kappa shape index (κ3) is 3.23. The summed E-state index contributed by atoms with van der Waals surface area (Å²) in [6, 6.07) is 1.44. The number of hydrogen-bond acceptors (Lipinski definition) is 7. The second-order valence-electron chi connectivity index (χ2n) is 5.76. The highest BCUT2D eigenvalue weighted by Crippen LogP contribution is 2.26. The molecule has 3 rings (SSSR count). The lowest BCUT2D eigenvalue weighted by Gasteiger charge is -2.33. The van der Waals surface area contributed by atoms with Gasteiger partial charge in [-0.15, -0.1) is 0 Å². The Kier molecular flexibility index (Phi) is 4.75. The molecular formula is C16H21N5O3. The van der Waals surface area contributed by atoms with Crippen LogP contribution >= 0.6 is 0 Å². The minimum absolute atomic E-state index is 0.0925. The lowest BCUT2D eigenvalue weighted by atomic mass is 10.0. The molecule has 0 radical (unpaired) electrons. The molecule has 3 heterocycles. The number of methoxy groups -OCH3 is 1. The average molecular weight is 331 g/mol. The number of ether oxygens (including phenoxy) is 1. The summed E-state index contributed by atoms with van der Waals surface area (Å²) in [4.78, 5) is 23.2. The van der Waals surface area contributed by atoms with Crippen LogP contribution in [0.25, 0.3) is 0 Å². The number of nitrogens with zero attached hydrogens (tertiary/aromatic N) is 4. The molecule has 2 aromatic rings. The maximum Gasteiger partial charge on any atom is 0.242 e. The van der Waals surface area contributed by atoms with Crippen molar-refractivity contribution in [3.05, 3.63) is 29.4 Å². The first-order valence-electron chi connectivity index (χ1n) is 7.97. The molecule has 1 amide bonds. The number of hydrogen-bond donors (Lipinski definition) is 1. The van der Waals surface area contributed by atoms with Crippen molar-refractivity contribution in [1.29, 1.82) is 0 Å². The van der Waals surface area contributed by atoms with Gasteiger partial charge < -0.3 is 14.6 Å². The van der Waals surface area contributed by atoms with E-state index in [4.69, 9.17) is 9.26 Å². The maximum atomic E-state index is 12.6. The zero-order valence-electron chi connectivity index (χ0n) is 14.1. The van der Waals surface area contributed by atoms with Crippen molar-refractivity contribution in [2.75, 3.05) is 19.0 Å². The third-order valence-electron chi connectivity index (χ3n) is 4.19. The molecule has 24 heavy (non-hydrogen) atoms. The van der Waals surface area contributed by atoms with Crippen molar-refractivity contribution < 1.29 is 14.1 Å². The Hall–Kier alpha value is -2.48. The van der Waals surface area contributed by atoms with Gasteiger partial charge in [-0.2, -0.15) is 0 Å². The molecule has 2 aromatic heterocycles. The van der Waals surface area contributed by atoms with E-state index in [1.54, 1.807) is 20.1 Å². The summed E-state index contributed by atoms with van der Waals surface area (Å²) in [5.74, 6) is 1.58. The number of amides is 1. The first kappa shape index (κ1) is 16.4. The lowest BCUT2D eigenvalue weighted by molar-refractivity contribution is -0.121. The third-order valence-corrected chi connectivity index (χ3v) is 4.19. The van der Waals surface area contributed by atoms with Crippen LogP contribution in [0.5, 0.6) is 5.88 Å². The van der Waals surface area contributed by atoms with Gasteiger partial charge in [0.05, 0.1) is 18.8 Å². The van der Waals surface area contributed by atoms with Crippen molar-refractivity contribution in [3.63, 3.8) is 0 Å². The number of aromatic nitrogens is 3. The first-order chi connectivity index (χ1) is 11.6. The molecule has 1 aliphatic rings. The highest BCUT2D eigenvalue weighted by atomic mass is 16.5. The topological polar surface area (TPSA) is 93.4 Å². The van der Waals surface area contributed by atoms with E-state index in [-0.39, 0.29) is 11.9 Å². The molecule has 0 bridgehead atoms. The minimum Gasteiger partial charge on any atom is -0.481 e. The molecule has 0 aliphatic carbocycles. The van der Waals surface area contributed by atoms with Crippen LogP contribution in [0.15, 0.2) is 16.9 Å². The van der Waals surface area contributed by atoms with Gasteiger partial charge in [-0.1, -0.05) is 12.1 Å². The number of nitrogens with one attached hydrogen (secondary N) is 1. The predicted octanol–water partition coefficient (Wildman–Crippen LogP) is 1.56. The molecule has 8 heteroatoms. The van der Waals surface area contributed by atoms with Crippen molar-refractivity contribution in [1.82, 2.24) is 20.0 Å². The molecule has 0 spiro atoms. The normalized spacial score (nSPS) is 15.6. The van der Waals surface area contributed by atoms with Gasteiger partial charge in [0.25, 0.3) is 0 Å². The Morgan fingerprint density at radius 3 is 3.00 bits per heavy atom. The number of fused-ring (bicyclic) bond motifs is 1. The van der Waals surface area contributed by atoms with Crippen LogP contribution in [0.3, 0.4) is 0 Å². The Labute approximate surface area is 140 Å². The van der Waals surface area contributed by atoms with Crippen molar-refractivity contribution in [3.8, 4) is 5.88 Å². The van der Waals surface area contributed by atoms with Gasteiger partial charge in [-0.3, -0.25) is 9.69 Å². The fourth-order valence-corrected chi connectivity index (χ4v) is 3.02. The van der Waals surface area contributed by atoms with E-state index in [2.05, 4.69) is 25.3 Å². The van der Waals surface area contributed by atoms with E-state index in [0.29, 0.717) is 30.4 Å². The Bertz CT molecular complexity index is 716. The van der Waals surface area contributed by atoms with E-state index in [9.17, 15) is 4.79 Å². The fourth-order valence-electron chi connectivity index (χ4n) is 3.02. The van der Waals surface area contributed by atoms with Gasteiger partial charge in [0.2, 0.25) is 11.8 Å². The summed E-state index contributed by atoms with van der Waals surface area (Å²) >= 11 is 0. The Morgan fingerprint density at radius 1 is 1.50 bits per heavy atom. The summed E-state index contributed by atoms with van der Waals surface area (Å²) in [5.41, 5.74) is 1.94. The minimum atomic E-state index is -0.264. The SMILES string of the molecule is CC[C@@H](C(=O)Nc1cc(C)on1)N1CCc2ncnc(OC)c2C1. The van der Waals surface area contributed by atoms with Gasteiger partial charge in [0.15, 0.2) is 5.82 Å². The first-order valence-corrected chi connectivity index (χ1v) is 7.97. The van der Waals surface area contributed by atoms with Crippen LogP contribution in [-0.4, -0.2) is 45.6 Å². The zero-order chi connectivity index (χ0) is 17.1. The Morgan fingerprint density at radius 2 is 2.33 bits per heavy atom. The summed E-state index contributed by atoms with van der Waals surface area (Å²) in [6.07, 6.45) is 2.97. The zero-order valence-corrected chi connectivity index (χ0v) is 14.1. The van der Waals surface area contributed by atoms with Crippen LogP contribution in [0.1, 0.15) is 30.4 Å². The number of carbonyl (C=O) groups is 1. The number of anilines is 1. The Balaban J connectivity index is 1.75. The molecular weight excluding hydrogens is 310 g/mol. The molecule has 8 nitrogen and oxygen atoms in total. The standard InChI is InChI=1S/C16H21N5O3/c1-4-13(15(22)19-14-7-10(2)24-20-14)21-6-5-12-11(8-21)16(23-3)18-9-17-12/h7,9,13H,4-6,8H2,1-3H3,(H,19,20,22)/t13-/m0/s1. The summed E-state index contributed by atoms with van der Waals surface area (Å²) in [6.45, 7) is 5.13. The number of rotatable bonds is 5. The van der Waals surface area contributed by atoms with Crippen LogP contribution in [0, 0.1) is 6.92 Å². The molecule has 128 valence electrons. The van der Waals surface area contributed by atoms with Gasteiger partial charge in [-0.25, -0.2) is 9.97 Å². The van der Waals surface area contributed by atoms with Gasteiger partial charge in [0, 0.05) is 31.1 Å². The number of carbonyl (C=O) groups excluding carboxylic acids is 1. The quantitative estimate of drug-likeness (QED) is 0.888. The highest BCUT2D eigenvalue weighted by molar-refractivity contribution is 5.94. The van der Waals surface area contributed by atoms with Crippen LogP contribution in [0.2, 0.25) is 0 Å². The lowest BCUT2D eigenvalue weighted by Crippen LogP contribution is -2.46. The summed E-state index contributed by atoms with van der Waals surface area (Å²) < 4.78 is 10.3. The molecule has 0 saturated heterocycles. The van der Waals surface area contributed by atoms with Crippen molar-refractivity contribution >= 4 is 11.7 Å². The second kappa shape index (κ2) is 6.96. The molecule has 1 N–H and O–H groups in total. The molecule has 0 saturated carbocycles. The van der Waals surface area contributed by atoms with Crippen LogP contribution in [-0.2, 0) is 17.8 Å². The van der Waals surface area contributed by atoms with E-state index in [1.165, 1.54) is 6.33 Å². The molecule has 1 aliphatic heterocycles. The second-order valence-corrected chi connectivity index (χ2v) is 5.76. The fraction of sp³-hybridized carbons (Fsp3) is 0.500. The van der Waals surface area contributed by atoms with Crippen LogP contribution < -0.4 is 10.1 Å². The molecule has 0 aromatic carbocycles. The monoisotopic (exact) mass is 331 g/mol. The van der Waals surface area contributed by atoms with E-state index in [1.807, 2.05) is 6.92 Å². The summed E-state index contributed by atoms with van der Waals surface area (Å²) in [7, 11) is 1.60. The van der Waals surface area contributed by atoms with E-state index >= 15 is 0 Å². The largest absolute Gasteiger partial charge is 0.481 e. The highest BCUT2D eigenvalue weighted by Gasteiger charge is 2.30. The van der Waals surface area contributed by atoms with Crippen molar-refractivity contribution in [2.45, 2.75) is 39.3 Å². The predicted molar refractivity (Wildman–Crippen MR) is 86.6 cm³/mol. The number of aryl methyl sites for hydroxylation is 1. The van der Waals surface area contributed by atoms with Crippen LogP contribution in [0.4, 0.5) is 5.82 Å². The molecule has 1 atom stereocenters. The molecule has 0 fully saturated rings. The van der Waals surface area contributed by atoms with Gasteiger partial charge in [-0.05, 0) is 13.3 Å².